The lowest BCUT2D eigenvalue weighted by molar-refractivity contribution is -0.134. The lowest BCUT2D eigenvalue weighted by Gasteiger charge is -2.06. The first-order valence-electron chi connectivity index (χ1n) is 4.25. The van der Waals surface area contributed by atoms with Crippen molar-refractivity contribution in [1.82, 2.24) is 9.97 Å². The molecule has 0 amide bonds. The van der Waals surface area contributed by atoms with Crippen LogP contribution < -0.4 is 5.32 Å². The highest BCUT2D eigenvalue weighted by Gasteiger charge is 2.25. The van der Waals surface area contributed by atoms with Crippen LogP contribution in [0.25, 0.3) is 0 Å². The van der Waals surface area contributed by atoms with Crippen LogP contribution in [-0.2, 0) is 0 Å². The lowest BCUT2D eigenvalue weighted by Crippen LogP contribution is -2.12. The van der Waals surface area contributed by atoms with E-state index in [2.05, 4.69) is 37.9 Å². The normalized spacial score (nSPS) is 11.5. The van der Waals surface area contributed by atoms with Crippen LogP contribution in [-0.4, -0.2) is 22.7 Å². The average molecular weight is 331 g/mol. The van der Waals surface area contributed by atoms with Crippen LogP contribution in [0.5, 0.6) is 0 Å². The van der Waals surface area contributed by atoms with Crippen LogP contribution >= 0.6 is 22.6 Å². The smallest absolute Gasteiger partial charge is 0.354 e. The standard InChI is InChI=1S/C8H9F3IN3/c9-8(10,11)2-1-3-13-7-14-4-6(12)5-15-7/h4-5H,1-3H2,(H,13,14,15). The van der Waals surface area contributed by atoms with Gasteiger partial charge in [0.25, 0.3) is 0 Å². The summed E-state index contributed by atoms with van der Waals surface area (Å²) in [5.74, 6) is 0.359. The molecule has 7 heteroatoms. The van der Waals surface area contributed by atoms with Gasteiger partial charge in [-0.2, -0.15) is 13.2 Å². The molecule has 0 radical (unpaired) electrons. The average Bonchev–Trinajstić information content (AvgIpc) is 2.14. The Hall–Kier alpha value is -0.600. The third kappa shape index (κ3) is 5.75. The number of aromatic nitrogens is 2. The summed E-state index contributed by atoms with van der Waals surface area (Å²) in [6.07, 6.45) is -1.66. The summed E-state index contributed by atoms with van der Waals surface area (Å²) in [4.78, 5) is 7.80. The molecule has 84 valence electrons. The second-order valence-corrected chi connectivity index (χ2v) is 4.12. The van der Waals surface area contributed by atoms with Crippen molar-refractivity contribution in [3.63, 3.8) is 0 Å². The minimum absolute atomic E-state index is 0.0266. The van der Waals surface area contributed by atoms with Gasteiger partial charge in [0, 0.05) is 28.9 Å². The van der Waals surface area contributed by atoms with Crippen LogP contribution in [0, 0.1) is 3.57 Å². The van der Waals surface area contributed by atoms with Gasteiger partial charge in [0.1, 0.15) is 0 Å². The highest BCUT2D eigenvalue weighted by molar-refractivity contribution is 14.1. The summed E-state index contributed by atoms with van der Waals surface area (Å²) in [6, 6.07) is 0. The Morgan fingerprint density at radius 2 is 1.87 bits per heavy atom. The van der Waals surface area contributed by atoms with E-state index in [0.29, 0.717) is 5.95 Å². The third-order valence-corrected chi connectivity index (χ3v) is 2.10. The predicted octanol–water partition coefficient (Wildman–Crippen LogP) is 2.84. The molecule has 0 saturated heterocycles. The van der Waals surface area contributed by atoms with Crippen molar-refractivity contribution in [3.8, 4) is 0 Å². The van der Waals surface area contributed by atoms with Gasteiger partial charge in [-0.25, -0.2) is 9.97 Å². The highest BCUT2D eigenvalue weighted by atomic mass is 127. The minimum Gasteiger partial charge on any atom is -0.354 e. The summed E-state index contributed by atoms with van der Waals surface area (Å²) >= 11 is 2.05. The van der Waals surface area contributed by atoms with Gasteiger partial charge >= 0.3 is 6.18 Å². The maximum absolute atomic E-state index is 11.8. The SMILES string of the molecule is FC(F)(F)CCCNc1ncc(I)cn1. The molecule has 0 unspecified atom stereocenters. The van der Waals surface area contributed by atoms with Crippen molar-refractivity contribution in [2.75, 3.05) is 11.9 Å². The molecule has 0 aliphatic carbocycles. The van der Waals surface area contributed by atoms with Crippen molar-refractivity contribution in [2.45, 2.75) is 19.0 Å². The number of nitrogens with zero attached hydrogens (tertiary/aromatic N) is 2. The zero-order valence-corrected chi connectivity index (χ0v) is 9.84. The molecule has 15 heavy (non-hydrogen) atoms. The number of halogens is 4. The van der Waals surface area contributed by atoms with Crippen LogP contribution in [0.3, 0.4) is 0 Å². The molecule has 1 N–H and O–H groups in total. The Bertz CT molecular complexity index is 299. The molecular weight excluding hydrogens is 322 g/mol. The van der Waals surface area contributed by atoms with E-state index >= 15 is 0 Å². The van der Waals surface area contributed by atoms with E-state index in [4.69, 9.17) is 0 Å². The van der Waals surface area contributed by atoms with Gasteiger partial charge in [0.2, 0.25) is 5.95 Å². The molecule has 1 rings (SSSR count). The van der Waals surface area contributed by atoms with Crippen LogP contribution in [0.1, 0.15) is 12.8 Å². The summed E-state index contributed by atoms with van der Waals surface area (Å²) in [5.41, 5.74) is 0. The maximum Gasteiger partial charge on any atom is 0.389 e. The molecule has 0 fully saturated rings. The van der Waals surface area contributed by atoms with Crippen LogP contribution in [0.15, 0.2) is 12.4 Å². The minimum atomic E-state index is -4.09. The Morgan fingerprint density at radius 3 is 2.40 bits per heavy atom. The van der Waals surface area contributed by atoms with Crippen molar-refractivity contribution < 1.29 is 13.2 Å². The summed E-state index contributed by atoms with van der Waals surface area (Å²) in [6.45, 7) is 0.222. The fourth-order valence-electron chi connectivity index (χ4n) is 0.893. The largest absolute Gasteiger partial charge is 0.389 e. The highest BCUT2D eigenvalue weighted by Crippen LogP contribution is 2.20. The van der Waals surface area contributed by atoms with Gasteiger partial charge in [0.05, 0.1) is 0 Å². The van der Waals surface area contributed by atoms with Gasteiger partial charge in [0.15, 0.2) is 0 Å². The number of nitrogens with one attached hydrogen (secondary N) is 1. The van der Waals surface area contributed by atoms with E-state index in [-0.39, 0.29) is 13.0 Å². The van der Waals surface area contributed by atoms with E-state index in [0.717, 1.165) is 3.57 Å². The molecule has 1 aromatic heterocycles. The molecule has 0 bridgehead atoms. The third-order valence-electron chi connectivity index (χ3n) is 1.54. The monoisotopic (exact) mass is 331 g/mol. The van der Waals surface area contributed by atoms with E-state index in [1.807, 2.05) is 0 Å². The zero-order chi connectivity index (χ0) is 11.3. The Kier molecular flexibility index (Phi) is 4.55. The van der Waals surface area contributed by atoms with Gasteiger partial charge in [-0.3, -0.25) is 0 Å². The summed E-state index contributed by atoms with van der Waals surface area (Å²) in [7, 11) is 0. The number of hydrogen-bond acceptors (Lipinski definition) is 3. The molecular formula is C8H9F3IN3. The molecule has 0 aromatic carbocycles. The Balaban J connectivity index is 2.23. The first kappa shape index (κ1) is 12.5. The topological polar surface area (TPSA) is 37.8 Å². The van der Waals surface area contributed by atoms with Gasteiger partial charge < -0.3 is 5.32 Å². The first-order chi connectivity index (χ1) is 6.97. The Morgan fingerprint density at radius 1 is 1.27 bits per heavy atom. The number of hydrogen-bond donors (Lipinski definition) is 1. The maximum atomic E-state index is 11.8. The fraction of sp³-hybridized carbons (Fsp3) is 0.500. The van der Waals surface area contributed by atoms with Crippen molar-refractivity contribution >= 4 is 28.5 Å². The van der Waals surface area contributed by atoms with Crippen molar-refractivity contribution in [3.05, 3.63) is 16.0 Å². The van der Waals surface area contributed by atoms with Gasteiger partial charge in [-0.1, -0.05) is 0 Å². The fourth-order valence-corrected chi connectivity index (χ4v) is 1.17. The van der Waals surface area contributed by atoms with Crippen molar-refractivity contribution in [1.29, 1.82) is 0 Å². The molecule has 0 spiro atoms. The van der Waals surface area contributed by atoms with E-state index in [1.54, 1.807) is 12.4 Å². The predicted molar refractivity (Wildman–Crippen MR) is 58.5 cm³/mol. The van der Waals surface area contributed by atoms with Crippen LogP contribution in [0.2, 0.25) is 0 Å². The van der Waals surface area contributed by atoms with E-state index in [9.17, 15) is 13.2 Å². The molecule has 0 atom stereocenters. The van der Waals surface area contributed by atoms with Gasteiger partial charge in [-0.05, 0) is 29.0 Å². The lowest BCUT2D eigenvalue weighted by atomic mass is 10.3. The quantitative estimate of drug-likeness (QED) is 0.681. The van der Waals surface area contributed by atoms with E-state index in [1.165, 1.54) is 0 Å². The zero-order valence-electron chi connectivity index (χ0n) is 7.68. The first-order valence-corrected chi connectivity index (χ1v) is 5.33. The molecule has 0 aliphatic heterocycles. The second-order valence-electron chi connectivity index (χ2n) is 2.87. The molecule has 0 aliphatic rings. The second kappa shape index (κ2) is 5.47. The number of alkyl halides is 3. The number of rotatable bonds is 4. The van der Waals surface area contributed by atoms with E-state index < -0.39 is 12.6 Å². The summed E-state index contributed by atoms with van der Waals surface area (Å²) < 4.78 is 36.2. The Labute approximate surface area is 98.6 Å². The summed E-state index contributed by atoms with van der Waals surface area (Å²) in [5, 5.41) is 2.72. The van der Waals surface area contributed by atoms with Crippen molar-refractivity contribution in [2.24, 2.45) is 0 Å². The molecule has 0 saturated carbocycles. The van der Waals surface area contributed by atoms with Crippen LogP contribution in [0.4, 0.5) is 19.1 Å². The molecule has 1 aromatic rings. The number of anilines is 1. The molecule has 3 nitrogen and oxygen atoms in total. The molecule has 1 heterocycles. The van der Waals surface area contributed by atoms with Gasteiger partial charge in [-0.15, -0.1) is 0 Å².